The van der Waals surface area contributed by atoms with Crippen LogP contribution in [-0.2, 0) is 0 Å². The summed E-state index contributed by atoms with van der Waals surface area (Å²) in [6.45, 7) is 8.43. The van der Waals surface area contributed by atoms with Crippen LogP contribution in [0.15, 0.2) is 24.3 Å². The summed E-state index contributed by atoms with van der Waals surface area (Å²) in [5.41, 5.74) is 1.38. The molecule has 2 atom stereocenters. The van der Waals surface area contributed by atoms with Crippen molar-refractivity contribution in [2.75, 3.05) is 27.2 Å². The van der Waals surface area contributed by atoms with E-state index in [1.54, 1.807) is 0 Å². The molecular formula is C24H39N2O2. The quantitative estimate of drug-likeness (QED) is 0.596. The van der Waals surface area contributed by atoms with Crippen molar-refractivity contribution in [3.63, 3.8) is 0 Å². The van der Waals surface area contributed by atoms with Gasteiger partial charge in [-0.2, -0.15) is 0 Å². The van der Waals surface area contributed by atoms with Crippen molar-refractivity contribution in [2.45, 2.75) is 65.2 Å². The van der Waals surface area contributed by atoms with E-state index in [0.29, 0.717) is 24.1 Å². The molecule has 1 aliphatic rings. The number of ether oxygens (including phenoxy) is 1. The Morgan fingerprint density at radius 3 is 2.68 bits per heavy atom. The van der Waals surface area contributed by atoms with Gasteiger partial charge in [-0.15, -0.1) is 0 Å². The fourth-order valence-electron chi connectivity index (χ4n) is 4.22. The van der Waals surface area contributed by atoms with E-state index < -0.39 is 0 Å². The minimum atomic E-state index is -0.349. The van der Waals surface area contributed by atoms with Crippen molar-refractivity contribution < 1.29 is 9.53 Å². The third-order valence-corrected chi connectivity index (χ3v) is 6.18. The molecule has 4 nitrogen and oxygen atoms in total. The number of carbonyl (C=O) groups is 1. The molecule has 0 aromatic heterocycles. The number of rotatable bonds is 9. The predicted molar refractivity (Wildman–Crippen MR) is 117 cm³/mol. The minimum absolute atomic E-state index is 0.133. The van der Waals surface area contributed by atoms with Crippen molar-refractivity contribution in [1.29, 1.82) is 0 Å². The molecule has 1 N–H and O–H groups in total. The maximum Gasteiger partial charge on any atom is 0.412 e. The normalized spacial score (nSPS) is 17.5. The summed E-state index contributed by atoms with van der Waals surface area (Å²) in [6.07, 6.45) is 9.02. The number of hydrogen-bond donors (Lipinski definition) is 1. The lowest BCUT2D eigenvalue weighted by Gasteiger charge is -2.36. The van der Waals surface area contributed by atoms with Crippen molar-refractivity contribution in [3.05, 3.63) is 36.2 Å². The van der Waals surface area contributed by atoms with Gasteiger partial charge in [0.25, 0.3) is 0 Å². The summed E-state index contributed by atoms with van der Waals surface area (Å²) in [4.78, 5) is 14.6. The molecule has 1 aromatic carbocycles. The van der Waals surface area contributed by atoms with Crippen molar-refractivity contribution >= 4 is 6.09 Å². The first-order valence-electron chi connectivity index (χ1n) is 10.9. The zero-order valence-corrected chi connectivity index (χ0v) is 18.5. The van der Waals surface area contributed by atoms with Gasteiger partial charge < -0.3 is 15.0 Å². The number of benzene rings is 1. The maximum atomic E-state index is 12.4. The van der Waals surface area contributed by atoms with Crippen LogP contribution in [0.3, 0.4) is 0 Å². The van der Waals surface area contributed by atoms with E-state index in [0.717, 1.165) is 32.2 Å². The fourth-order valence-corrected chi connectivity index (χ4v) is 4.22. The smallest absolute Gasteiger partial charge is 0.410 e. The molecule has 1 radical (unpaired) electrons. The van der Waals surface area contributed by atoms with E-state index in [9.17, 15) is 4.79 Å². The number of hydrogen-bond acceptors (Lipinski definition) is 3. The van der Waals surface area contributed by atoms with E-state index in [-0.39, 0.29) is 11.5 Å². The molecule has 0 spiro atoms. The van der Waals surface area contributed by atoms with Gasteiger partial charge in [-0.25, -0.2) is 4.79 Å². The third kappa shape index (κ3) is 6.80. The lowest BCUT2D eigenvalue weighted by molar-refractivity contribution is 0.186. The Bertz CT molecular complexity index is 606. The van der Waals surface area contributed by atoms with Crippen LogP contribution < -0.4 is 10.1 Å². The molecule has 157 valence electrons. The Morgan fingerprint density at radius 2 is 2.07 bits per heavy atom. The number of nitrogens with one attached hydrogen (secondary N) is 1. The molecule has 1 amide bonds. The molecule has 28 heavy (non-hydrogen) atoms. The molecular weight excluding hydrogens is 348 g/mol. The fraction of sp³-hybridized carbons (Fsp3) is 0.667. The van der Waals surface area contributed by atoms with Crippen molar-refractivity contribution in [3.8, 4) is 5.75 Å². The lowest BCUT2D eigenvalue weighted by atomic mass is 9.72. The zero-order valence-electron chi connectivity index (χ0n) is 18.5. The first kappa shape index (κ1) is 22.7. The van der Waals surface area contributed by atoms with E-state index in [1.807, 2.05) is 18.2 Å². The zero-order chi connectivity index (χ0) is 20.6. The average Bonchev–Trinajstić information content (AvgIpc) is 2.67. The molecule has 1 saturated carbocycles. The van der Waals surface area contributed by atoms with E-state index in [2.05, 4.69) is 57.6 Å². The third-order valence-electron chi connectivity index (χ3n) is 6.18. The monoisotopic (exact) mass is 387 g/mol. The van der Waals surface area contributed by atoms with Crippen LogP contribution in [-0.4, -0.2) is 38.2 Å². The second-order valence-corrected chi connectivity index (χ2v) is 8.92. The highest BCUT2D eigenvalue weighted by molar-refractivity contribution is 5.70. The van der Waals surface area contributed by atoms with Gasteiger partial charge in [0, 0.05) is 6.54 Å². The van der Waals surface area contributed by atoms with Gasteiger partial charge in [0.1, 0.15) is 5.75 Å². The van der Waals surface area contributed by atoms with Gasteiger partial charge in [-0.3, -0.25) is 0 Å². The highest BCUT2D eigenvalue weighted by atomic mass is 16.6. The van der Waals surface area contributed by atoms with Crippen LogP contribution in [0.5, 0.6) is 5.75 Å². The van der Waals surface area contributed by atoms with Gasteiger partial charge >= 0.3 is 6.09 Å². The SMILES string of the molecule is CCC1(CNC(=O)Oc2cccc([C@@H](CCN(C)C)C(C)C)c2)[CH]CCCC1. The molecule has 1 aliphatic carbocycles. The second kappa shape index (κ2) is 10.8. The second-order valence-electron chi connectivity index (χ2n) is 8.92. The van der Waals surface area contributed by atoms with Crippen LogP contribution >= 0.6 is 0 Å². The summed E-state index contributed by atoms with van der Waals surface area (Å²) in [7, 11) is 4.21. The molecule has 0 bridgehead atoms. The summed E-state index contributed by atoms with van der Waals surface area (Å²) < 4.78 is 5.62. The van der Waals surface area contributed by atoms with Crippen molar-refractivity contribution in [2.24, 2.45) is 11.3 Å². The lowest BCUT2D eigenvalue weighted by Crippen LogP contribution is -2.40. The molecule has 1 unspecified atom stereocenters. The van der Waals surface area contributed by atoms with Crippen LogP contribution in [0, 0.1) is 17.8 Å². The largest absolute Gasteiger partial charge is 0.412 e. The van der Waals surface area contributed by atoms with Gasteiger partial charge in [-0.1, -0.05) is 45.7 Å². The Labute approximate surface area is 172 Å². The topological polar surface area (TPSA) is 41.6 Å². The highest BCUT2D eigenvalue weighted by Crippen LogP contribution is 2.37. The summed E-state index contributed by atoms with van der Waals surface area (Å²) in [6, 6.07) is 8.04. The first-order chi connectivity index (χ1) is 13.3. The van der Waals surface area contributed by atoms with E-state index >= 15 is 0 Å². The van der Waals surface area contributed by atoms with E-state index in [1.165, 1.54) is 18.4 Å². The Balaban J connectivity index is 1.96. The van der Waals surface area contributed by atoms with Crippen LogP contribution in [0.1, 0.15) is 70.8 Å². The Morgan fingerprint density at radius 1 is 1.29 bits per heavy atom. The standard InChI is InChI=1S/C24H39N2O2/c1-6-24(14-8-7-9-15-24)18-25-23(27)28-21-12-10-11-20(17-21)22(19(2)3)13-16-26(4)5/h10-12,14,17,19,22H,6-9,13,15-16,18H2,1-5H3,(H,25,27)/t22-,24?/m0/s1. The molecule has 0 saturated heterocycles. The molecule has 0 heterocycles. The Hall–Kier alpha value is -1.55. The van der Waals surface area contributed by atoms with Gasteiger partial charge in [-0.05, 0) is 87.7 Å². The maximum absolute atomic E-state index is 12.4. The van der Waals surface area contributed by atoms with Gasteiger partial charge in [0.05, 0.1) is 0 Å². The van der Waals surface area contributed by atoms with Crippen molar-refractivity contribution in [1.82, 2.24) is 10.2 Å². The summed E-state index contributed by atoms with van der Waals surface area (Å²) in [5, 5.41) is 3.01. The van der Waals surface area contributed by atoms with Gasteiger partial charge in [0.2, 0.25) is 0 Å². The molecule has 2 rings (SSSR count). The van der Waals surface area contributed by atoms with Gasteiger partial charge in [0.15, 0.2) is 0 Å². The first-order valence-corrected chi connectivity index (χ1v) is 10.9. The molecule has 1 aromatic rings. The predicted octanol–water partition coefficient (Wildman–Crippen LogP) is 5.64. The highest BCUT2D eigenvalue weighted by Gasteiger charge is 2.31. The molecule has 0 aliphatic heterocycles. The summed E-state index contributed by atoms with van der Waals surface area (Å²) in [5.74, 6) is 1.62. The average molecular weight is 388 g/mol. The number of nitrogens with zero attached hydrogens (tertiary/aromatic N) is 1. The number of carbonyl (C=O) groups excluding carboxylic acids is 1. The molecule has 1 fully saturated rings. The minimum Gasteiger partial charge on any atom is -0.410 e. The van der Waals surface area contributed by atoms with E-state index in [4.69, 9.17) is 4.74 Å². The van der Waals surface area contributed by atoms with Crippen LogP contribution in [0.25, 0.3) is 0 Å². The number of amides is 1. The van der Waals surface area contributed by atoms with Crippen LogP contribution in [0.4, 0.5) is 4.79 Å². The summed E-state index contributed by atoms with van der Waals surface area (Å²) >= 11 is 0. The Kier molecular flexibility index (Phi) is 8.81. The van der Waals surface area contributed by atoms with Crippen LogP contribution in [0.2, 0.25) is 0 Å². The molecule has 4 heteroatoms.